The molecule has 1 heterocycles. The van der Waals surface area contributed by atoms with E-state index in [4.69, 9.17) is 0 Å². The van der Waals surface area contributed by atoms with Crippen molar-refractivity contribution >= 4 is 0 Å². The van der Waals surface area contributed by atoms with Gasteiger partial charge in [-0.15, -0.1) is 17.7 Å². The van der Waals surface area contributed by atoms with Gasteiger partial charge in [-0.1, -0.05) is 20.8 Å². The third-order valence-electron chi connectivity index (χ3n) is 3.19. The first-order chi connectivity index (χ1) is 8.95. The minimum atomic E-state index is -0.650. The molecule has 5 heteroatoms. The minimum Gasteiger partial charge on any atom is -0.284 e. The average Bonchev–Trinajstić information content (AvgIpc) is 2.38. The Bertz CT molecular complexity index is 600. The molecule has 1 aromatic carbocycles. The zero-order valence-electron chi connectivity index (χ0n) is 11.5. The fraction of sp³-hybridized carbons (Fsp3) is 0.333. The number of halogens is 2. The first-order valence-corrected chi connectivity index (χ1v) is 6.01. The maximum absolute atomic E-state index is 13.1. The Kier molecular flexibility index (Phi) is 5.49. The number of hydrogen-bond donors (Lipinski definition) is 0. The fourth-order valence-corrected chi connectivity index (χ4v) is 2.15. The molecule has 1 aromatic heterocycles. The van der Waals surface area contributed by atoms with E-state index in [-0.39, 0.29) is 25.9 Å². The third kappa shape index (κ3) is 3.28. The fourth-order valence-electron chi connectivity index (χ4n) is 2.15. The molecule has 0 aliphatic heterocycles. The van der Waals surface area contributed by atoms with Crippen molar-refractivity contribution in [3.63, 3.8) is 0 Å². The summed E-state index contributed by atoms with van der Waals surface area (Å²) < 4.78 is 25.8. The van der Waals surface area contributed by atoms with Crippen molar-refractivity contribution in [2.24, 2.45) is 0 Å². The summed E-state index contributed by atoms with van der Waals surface area (Å²) in [7, 11) is 0. The van der Waals surface area contributed by atoms with Gasteiger partial charge in [0.1, 0.15) is 6.67 Å². The second-order valence-electron chi connectivity index (χ2n) is 5.03. The molecule has 1 radical (unpaired) electrons. The molecule has 0 aliphatic carbocycles. The molecule has 20 heavy (non-hydrogen) atoms. The number of aromatic nitrogens is 2. The summed E-state index contributed by atoms with van der Waals surface area (Å²) in [6.07, 6.45) is 3.01. The van der Waals surface area contributed by atoms with Crippen LogP contribution in [0.25, 0.3) is 0 Å². The van der Waals surface area contributed by atoms with Crippen LogP contribution in [-0.4, -0.2) is 9.97 Å². The van der Waals surface area contributed by atoms with E-state index in [2.05, 4.69) is 16.0 Å². The van der Waals surface area contributed by atoms with E-state index in [1.165, 1.54) is 18.3 Å². The van der Waals surface area contributed by atoms with Crippen molar-refractivity contribution in [2.75, 3.05) is 0 Å². The topological polar surface area (TPSA) is 25.8 Å². The molecule has 0 aliphatic rings. The SMILES string of the molecule is Cc1cc(F)c[c-]c1C(C)(C)c1cncc(CF)n1.[Ir]. The molecular weight excluding hydrogens is 438 g/mol. The van der Waals surface area contributed by atoms with Crippen LogP contribution in [0.3, 0.4) is 0 Å². The Morgan fingerprint density at radius 1 is 1.30 bits per heavy atom. The molecule has 2 aromatic rings. The first kappa shape index (κ1) is 16.9. The molecule has 0 saturated heterocycles. The van der Waals surface area contributed by atoms with Gasteiger partial charge in [0.2, 0.25) is 0 Å². The number of benzene rings is 1. The zero-order chi connectivity index (χ0) is 14.0. The normalized spacial score (nSPS) is 11.1. The van der Waals surface area contributed by atoms with E-state index in [1.807, 2.05) is 20.8 Å². The van der Waals surface area contributed by atoms with Crippen molar-refractivity contribution in [1.82, 2.24) is 9.97 Å². The standard InChI is InChI=1S/C15H15F2N2.Ir/c1-10-6-11(17)4-5-13(10)15(2,3)14-9-18-8-12(7-16)19-14;/h4,6,8-9H,7H2,1-3H3;/q-1;. The van der Waals surface area contributed by atoms with E-state index in [9.17, 15) is 8.78 Å². The van der Waals surface area contributed by atoms with E-state index < -0.39 is 12.1 Å². The molecule has 0 fully saturated rings. The van der Waals surface area contributed by atoms with Crippen molar-refractivity contribution in [3.05, 3.63) is 58.9 Å². The van der Waals surface area contributed by atoms with Gasteiger partial charge in [0.15, 0.2) is 0 Å². The predicted molar refractivity (Wildman–Crippen MR) is 68.9 cm³/mol. The smallest absolute Gasteiger partial charge is 0.133 e. The van der Waals surface area contributed by atoms with Crippen LogP contribution in [0.5, 0.6) is 0 Å². The summed E-state index contributed by atoms with van der Waals surface area (Å²) in [5.41, 5.74) is 2.06. The van der Waals surface area contributed by atoms with Gasteiger partial charge < -0.3 is 0 Å². The Morgan fingerprint density at radius 2 is 2.00 bits per heavy atom. The zero-order valence-corrected chi connectivity index (χ0v) is 13.9. The van der Waals surface area contributed by atoms with Crippen LogP contribution in [-0.2, 0) is 32.2 Å². The minimum absolute atomic E-state index is 0. The molecular formula is C15H15F2IrN2-. The summed E-state index contributed by atoms with van der Waals surface area (Å²) in [5.74, 6) is -0.319. The predicted octanol–water partition coefficient (Wildman–Crippen LogP) is 3.52. The number of alkyl halides is 1. The number of hydrogen-bond acceptors (Lipinski definition) is 2. The van der Waals surface area contributed by atoms with Crippen LogP contribution in [0.15, 0.2) is 24.5 Å². The van der Waals surface area contributed by atoms with E-state index >= 15 is 0 Å². The van der Waals surface area contributed by atoms with Crippen LogP contribution in [0.4, 0.5) is 8.78 Å². The summed E-state index contributed by atoms with van der Waals surface area (Å²) in [5, 5.41) is 0. The largest absolute Gasteiger partial charge is 0.284 e. The maximum Gasteiger partial charge on any atom is 0.133 e. The monoisotopic (exact) mass is 454 g/mol. The van der Waals surface area contributed by atoms with Crippen LogP contribution < -0.4 is 0 Å². The molecule has 0 N–H and O–H groups in total. The number of nitrogens with zero attached hydrogens (tertiary/aromatic N) is 2. The van der Waals surface area contributed by atoms with Gasteiger partial charge in [0, 0.05) is 37.5 Å². The van der Waals surface area contributed by atoms with Gasteiger partial charge in [-0.2, -0.15) is 11.6 Å². The molecule has 0 bridgehead atoms. The van der Waals surface area contributed by atoms with Gasteiger partial charge in [-0.25, -0.2) is 4.39 Å². The van der Waals surface area contributed by atoms with Crippen molar-refractivity contribution in [2.45, 2.75) is 32.9 Å². The molecule has 2 nitrogen and oxygen atoms in total. The van der Waals surface area contributed by atoms with Gasteiger partial charge in [-0.3, -0.25) is 14.4 Å². The van der Waals surface area contributed by atoms with E-state index in [1.54, 1.807) is 6.20 Å². The molecule has 109 valence electrons. The molecule has 0 unspecified atom stereocenters. The summed E-state index contributed by atoms with van der Waals surface area (Å²) in [6, 6.07) is 5.71. The Balaban J connectivity index is 0.00000200. The first-order valence-electron chi connectivity index (χ1n) is 6.01. The van der Waals surface area contributed by atoms with Crippen molar-refractivity contribution in [3.8, 4) is 0 Å². The Hall–Kier alpha value is -1.19. The van der Waals surface area contributed by atoms with Gasteiger partial charge in [0.05, 0.1) is 17.6 Å². The van der Waals surface area contributed by atoms with Crippen LogP contribution in [0, 0.1) is 18.8 Å². The molecule has 0 atom stereocenters. The molecule has 0 spiro atoms. The van der Waals surface area contributed by atoms with E-state index in [0.29, 0.717) is 11.4 Å². The van der Waals surface area contributed by atoms with Crippen LogP contribution >= 0.6 is 0 Å². The quantitative estimate of drug-likeness (QED) is 0.665. The van der Waals surface area contributed by atoms with Crippen LogP contribution in [0.2, 0.25) is 0 Å². The second kappa shape index (κ2) is 6.51. The Morgan fingerprint density at radius 3 is 2.60 bits per heavy atom. The number of rotatable bonds is 3. The summed E-state index contributed by atoms with van der Waals surface area (Å²) in [4.78, 5) is 8.26. The van der Waals surface area contributed by atoms with Gasteiger partial charge >= 0.3 is 0 Å². The number of aryl methyl sites for hydroxylation is 1. The summed E-state index contributed by atoms with van der Waals surface area (Å²) in [6.45, 7) is 5.05. The maximum atomic E-state index is 13.1. The Labute approximate surface area is 131 Å². The molecule has 2 rings (SSSR count). The van der Waals surface area contributed by atoms with Crippen molar-refractivity contribution in [1.29, 1.82) is 0 Å². The third-order valence-corrected chi connectivity index (χ3v) is 3.19. The van der Waals surface area contributed by atoms with Crippen LogP contribution in [0.1, 0.15) is 36.4 Å². The van der Waals surface area contributed by atoms with E-state index in [0.717, 1.165) is 11.1 Å². The summed E-state index contributed by atoms with van der Waals surface area (Å²) >= 11 is 0. The average molecular weight is 454 g/mol. The van der Waals surface area contributed by atoms with Gasteiger partial charge in [0.25, 0.3) is 0 Å². The second-order valence-corrected chi connectivity index (χ2v) is 5.03. The van der Waals surface area contributed by atoms with Crippen molar-refractivity contribution < 1.29 is 28.9 Å². The molecule has 0 amide bonds. The molecule has 0 saturated carbocycles. The van der Waals surface area contributed by atoms with Gasteiger partial charge in [-0.05, 0) is 0 Å².